The number of hydrogen-bond acceptors (Lipinski definition) is 4. The minimum Gasteiger partial charge on any atom is -0.465 e. The van der Waals surface area contributed by atoms with Gasteiger partial charge < -0.3 is 9.47 Å². The molecular weight excluding hydrogens is 332 g/mol. The summed E-state index contributed by atoms with van der Waals surface area (Å²) in [4.78, 5) is 12.6. The summed E-state index contributed by atoms with van der Waals surface area (Å²) >= 11 is 1.74. The largest absolute Gasteiger partial charge is 0.465 e. The van der Waals surface area contributed by atoms with Crippen LogP contribution in [-0.2, 0) is 10.5 Å². The first-order valence-electron chi connectivity index (χ1n) is 7.87. The number of benzene rings is 3. The fraction of sp³-hybridized carbons (Fsp3) is 0.0952. The van der Waals surface area contributed by atoms with E-state index < -0.39 is 0 Å². The van der Waals surface area contributed by atoms with Gasteiger partial charge in [-0.1, -0.05) is 30.3 Å². The first-order chi connectivity index (χ1) is 12.2. The molecule has 0 aliphatic carbocycles. The van der Waals surface area contributed by atoms with Gasteiger partial charge in [0.05, 0.1) is 12.7 Å². The second kappa shape index (κ2) is 8.40. The van der Waals surface area contributed by atoms with Crippen LogP contribution >= 0.6 is 11.8 Å². The number of para-hydroxylation sites is 1. The second-order valence-corrected chi connectivity index (χ2v) is 6.41. The van der Waals surface area contributed by atoms with E-state index in [0.29, 0.717) is 5.56 Å². The van der Waals surface area contributed by atoms with Gasteiger partial charge in [0.1, 0.15) is 11.5 Å². The zero-order valence-electron chi connectivity index (χ0n) is 13.8. The molecule has 0 unspecified atom stereocenters. The highest BCUT2D eigenvalue weighted by Crippen LogP contribution is 2.27. The van der Waals surface area contributed by atoms with E-state index in [0.717, 1.165) is 27.7 Å². The highest BCUT2D eigenvalue weighted by Gasteiger charge is 2.05. The molecule has 0 saturated heterocycles. The van der Waals surface area contributed by atoms with Crippen molar-refractivity contribution in [2.75, 3.05) is 7.11 Å². The molecule has 3 aromatic rings. The van der Waals surface area contributed by atoms with Crippen molar-refractivity contribution >= 4 is 17.7 Å². The maximum absolute atomic E-state index is 11.4. The molecule has 0 N–H and O–H groups in total. The molecule has 0 fully saturated rings. The Hall–Kier alpha value is -2.72. The van der Waals surface area contributed by atoms with Crippen molar-refractivity contribution in [2.45, 2.75) is 10.6 Å². The van der Waals surface area contributed by atoms with Crippen LogP contribution in [0.1, 0.15) is 15.9 Å². The van der Waals surface area contributed by atoms with Gasteiger partial charge in [-0.2, -0.15) is 0 Å². The maximum Gasteiger partial charge on any atom is 0.337 e. The molecule has 0 aliphatic heterocycles. The van der Waals surface area contributed by atoms with Gasteiger partial charge in [-0.3, -0.25) is 0 Å². The molecule has 3 aromatic carbocycles. The number of esters is 1. The topological polar surface area (TPSA) is 35.5 Å². The van der Waals surface area contributed by atoms with Crippen LogP contribution in [-0.4, -0.2) is 13.1 Å². The summed E-state index contributed by atoms with van der Waals surface area (Å²) in [5, 5.41) is 0. The van der Waals surface area contributed by atoms with Crippen molar-refractivity contribution in [3.05, 3.63) is 90.0 Å². The van der Waals surface area contributed by atoms with Gasteiger partial charge >= 0.3 is 5.97 Å². The molecule has 0 heterocycles. The zero-order chi connectivity index (χ0) is 17.5. The second-order valence-electron chi connectivity index (χ2n) is 5.36. The van der Waals surface area contributed by atoms with Gasteiger partial charge in [0, 0.05) is 10.6 Å². The van der Waals surface area contributed by atoms with E-state index in [1.807, 2.05) is 66.7 Å². The van der Waals surface area contributed by atoms with Gasteiger partial charge in [0.15, 0.2) is 0 Å². The molecule has 0 amide bonds. The number of rotatable bonds is 6. The van der Waals surface area contributed by atoms with Crippen molar-refractivity contribution in [1.82, 2.24) is 0 Å². The smallest absolute Gasteiger partial charge is 0.337 e. The van der Waals surface area contributed by atoms with E-state index in [1.165, 1.54) is 7.11 Å². The summed E-state index contributed by atoms with van der Waals surface area (Å²) < 4.78 is 10.5. The lowest BCUT2D eigenvalue weighted by molar-refractivity contribution is 0.0600. The number of thioether (sulfide) groups is 1. The third kappa shape index (κ3) is 4.88. The minimum absolute atomic E-state index is 0.312. The molecule has 4 heteroatoms. The Labute approximate surface area is 151 Å². The van der Waals surface area contributed by atoms with Gasteiger partial charge in [0.25, 0.3) is 0 Å². The Morgan fingerprint density at radius 2 is 1.48 bits per heavy atom. The Morgan fingerprint density at radius 1 is 0.840 bits per heavy atom. The normalized spacial score (nSPS) is 10.3. The van der Waals surface area contributed by atoms with Crippen LogP contribution in [0.3, 0.4) is 0 Å². The summed E-state index contributed by atoms with van der Waals surface area (Å²) in [5.41, 5.74) is 1.72. The fourth-order valence-corrected chi connectivity index (χ4v) is 3.10. The van der Waals surface area contributed by atoms with Crippen LogP contribution < -0.4 is 4.74 Å². The molecule has 0 atom stereocenters. The van der Waals surface area contributed by atoms with E-state index in [-0.39, 0.29) is 5.97 Å². The molecule has 0 saturated carbocycles. The van der Waals surface area contributed by atoms with Crippen molar-refractivity contribution < 1.29 is 14.3 Å². The predicted molar refractivity (Wildman–Crippen MR) is 100 cm³/mol. The number of hydrogen-bond donors (Lipinski definition) is 0. The quantitative estimate of drug-likeness (QED) is 0.431. The molecule has 3 rings (SSSR count). The van der Waals surface area contributed by atoms with E-state index >= 15 is 0 Å². The van der Waals surface area contributed by atoms with Gasteiger partial charge in [-0.05, 0) is 54.1 Å². The van der Waals surface area contributed by atoms with Crippen LogP contribution in [0.4, 0.5) is 0 Å². The molecule has 0 radical (unpaired) electrons. The van der Waals surface area contributed by atoms with Crippen molar-refractivity contribution in [3.63, 3.8) is 0 Å². The molecule has 0 bridgehead atoms. The van der Waals surface area contributed by atoms with E-state index in [4.69, 9.17) is 9.47 Å². The standard InChI is InChI=1S/C21H18O3S/c1-23-21(22)17-9-7-16(8-10-17)15-25-20-13-11-19(12-14-20)24-18-5-3-2-4-6-18/h2-14H,15H2,1H3. The maximum atomic E-state index is 11.4. The third-order valence-corrected chi connectivity index (χ3v) is 4.67. The van der Waals surface area contributed by atoms with Gasteiger partial charge in [0.2, 0.25) is 0 Å². The SMILES string of the molecule is COC(=O)c1ccc(CSc2ccc(Oc3ccccc3)cc2)cc1. The minimum atomic E-state index is -0.312. The number of methoxy groups -OCH3 is 1. The predicted octanol–water partition coefficient (Wildman–Crippen LogP) is 5.56. The average Bonchev–Trinajstić information content (AvgIpc) is 2.68. The first kappa shape index (κ1) is 17.1. The third-order valence-electron chi connectivity index (χ3n) is 3.58. The van der Waals surface area contributed by atoms with E-state index in [9.17, 15) is 4.79 Å². The van der Waals surface area contributed by atoms with Crippen LogP contribution in [0.5, 0.6) is 11.5 Å². The zero-order valence-corrected chi connectivity index (χ0v) is 14.7. The summed E-state index contributed by atoms with van der Waals surface area (Å²) in [5.74, 6) is 2.17. The van der Waals surface area contributed by atoms with Crippen molar-refractivity contribution in [2.24, 2.45) is 0 Å². The lowest BCUT2D eigenvalue weighted by Gasteiger charge is -2.07. The lowest BCUT2D eigenvalue weighted by Crippen LogP contribution is -2.00. The number of carbonyl (C=O) groups is 1. The Kier molecular flexibility index (Phi) is 5.75. The molecule has 126 valence electrons. The van der Waals surface area contributed by atoms with Gasteiger partial charge in [-0.15, -0.1) is 11.8 Å². The van der Waals surface area contributed by atoms with Crippen LogP contribution in [0.2, 0.25) is 0 Å². The summed E-state index contributed by atoms with van der Waals surface area (Å²) in [6.07, 6.45) is 0. The van der Waals surface area contributed by atoms with E-state index in [2.05, 4.69) is 0 Å². The average molecular weight is 350 g/mol. The van der Waals surface area contributed by atoms with Gasteiger partial charge in [-0.25, -0.2) is 4.79 Å². The highest BCUT2D eigenvalue weighted by molar-refractivity contribution is 7.98. The van der Waals surface area contributed by atoms with Crippen LogP contribution in [0, 0.1) is 0 Å². The molecule has 3 nitrogen and oxygen atoms in total. The number of carbonyl (C=O) groups excluding carboxylic acids is 1. The van der Waals surface area contributed by atoms with Crippen molar-refractivity contribution in [3.8, 4) is 11.5 Å². The fourth-order valence-electron chi connectivity index (χ4n) is 2.25. The van der Waals surface area contributed by atoms with E-state index in [1.54, 1.807) is 23.9 Å². The van der Waals surface area contributed by atoms with Crippen LogP contribution in [0.15, 0.2) is 83.8 Å². The summed E-state index contributed by atoms with van der Waals surface area (Å²) in [7, 11) is 1.39. The van der Waals surface area contributed by atoms with Crippen molar-refractivity contribution in [1.29, 1.82) is 0 Å². The monoisotopic (exact) mass is 350 g/mol. The molecule has 0 aliphatic rings. The Morgan fingerprint density at radius 3 is 2.12 bits per heavy atom. The highest BCUT2D eigenvalue weighted by atomic mass is 32.2. The summed E-state index contributed by atoms with van der Waals surface area (Å²) in [6.45, 7) is 0. The summed E-state index contributed by atoms with van der Waals surface area (Å²) in [6, 6.07) is 25.2. The molecule has 25 heavy (non-hydrogen) atoms. The number of ether oxygens (including phenoxy) is 2. The Balaban J connectivity index is 1.56. The Bertz CT molecular complexity index is 812. The molecule has 0 aromatic heterocycles. The first-order valence-corrected chi connectivity index (χ1v) is 8.86. The molecular formula is C21H18O3S. The molecule has 0 spiro atoms. The van der Waals surface area contributed by atoms with Crippen LogP contribution in [0.25, 0.3) is 0 Å². The lowest BCUT2D eigenvalue weighted by atomic mass is 10.1.